The van der Waals surface area contributed by atoms with Crippen molar-refractivity contribution in [3.63, 3.8) is 0 Å². The molecule has 0 aliphatic rings. The molecular formula is C7H12N2OS. The van der Waals surface area contributed by atoms with Crippen molar-refractivity contribution >= 4 is 11.3 Å². The summed E-state index contributed by atoms with van der Waals surface area (Å²) in [5.74, 6) is 0. The van der Waals surface area contributed by atoms with Crippen LogP contribution in [0.4, 0.5) is 0 Å². The smallest absolute Gasteiger partial charge is 0.273 e. The molecule has 0 spiro atoms. The predicted molar refractivity (Wildman–Crippen MR) is 46.0 cm³/mol. The van der Waals surface area contributed by atoms with Crippen molar-refractivity contribution in [2.24, 2.45) is 5.73 Å². The van der Waals surface area contributed by atoms with Crippen molar-refractivity contribution in [2.75, 3.05) is 13.2 Å². The summed E-state index contributed by atoms with van der Waals surface area (Å²) in [7, 11) is 0. The largest absolute Gasteiger partial charge is 0.470 e. The summed E-state index contributed by atoms with van der Waals surface area (Å²) < 4.78 is 5.20. The van der Waals surface area contributed by atoms with Crippen LogP contribution < -0.4 is 10.5 Å². The Bertz CT molecular complexity index is 191. The van der Waals surface area contributed by atoms with E-state index in [0.717, 1.165) is 17.3 Å². The first kappa shape index (κ1) is 8.49. The zero-order valence-corrected chi connectivity index (χ0v) is 7.36. The van der Waals surface area contributed by atoms with E-state index in [0.29, 0.717) is 13.2 Å². The lowest BCUT2D eigenvalue weighted by Gasteiger charge is -1.93. The second-order valence-electron chi connectivity index (χ2n) is 2.08. The van der Waals surface area contributed by atoms with Gasteiger partial charge in [-0.3, -0.25) is 0 Å². The van der Waals surface area contributed by atoms with Crippen molar-refractivity contribution in [3.05, 3.63) is 11.1 Å². The number of hydrogen-bond acceptors (Lipinski definition) is 4. The van der Waals surface area contributed by atoms with Crippen LogP contribution in [0.25, 0.3) is 0 Å². The van der Waals surface area contributed by atoms with Crippen molar-refractivity contribution in [1.29, 1.82) is 0 Å². The number of aromatic nitrogens is 1. The topological polar surface area (TPSA) is 48.1 Å². The number of nitrogens with two attached hydrogens (primary N) is 1. The molecule has 4 heteroatoms. The van der Waals surface area contributed by atoms with Gasteiger partial charge in [0.15, 0.2) is 0 Å². The average Bonchev–Trinajstić information content (AvgIpc) is 2.38. The molecule has 62 valence electrons. The van der Waals surface area contributed by atoms with Crippen LogP contribution in [0.5, 0.6) is 5.19 Å². The van der Waals surface area contributed by atoms with E-state index in [4.69, 9.17) is 10.5 Å². The number of nitrogens with zero attached hydrogens (tertiary/aromatic N) is 1. The van der Waals surface area contributed by atoms with Crippen molar-refractivity contribution in [3.8, 4) is 5.19 Å². The van der Waals surface area contributed by atoms with E-state index in [1.54, 1.807) is 0 Å². The molecule has 1 aromatic heterocycles. The van der Waals surface area contributed by atoms with Crippen LogP contribution in [-0.4, -0.2) is 18.1 Å². The number of rotatable bonds is 4. The van der Waals surface area contributed by atoms with Crippen LogP contribution >= 0.6 is 11.3 Å². The van der Waals surface area contributed by atoms with Crippen molar-refractivity contribution < 1.29 is 4.74 Å². The normalized spacial score (nSPS) is 10.0. The molecule has 0 radical (unpaired) electrons. The van der Waals surface area contributed by atoms with Crippen LogP contribution in [-0.2, 0) is 6.42 Å². The van der Waals surface area contributed by atoms with Crippen molar-refractivity contribution in [1.82, 2.24) is 4.98 Å². The quantitative estimate of drug-likeness (QED) is 0.738. The molecule has 3 nitrogen and oxygen atoms in total. The maximum Gasteiger partial charge on any atom is 0.273 e. The third-order valence-corrected chi connectivity index (χ3v) is 2.00. The van der Waals surface area contributed by atoms with Crippen LogP contribution in [0.2, 0.25) is 0 Å². The summed E-state index contributed by atoms with van der Waals surface area (Å²) in [6.07, 6.45) is 0.837. The minimum absolute atomic E-state index is 0.648. The van der Waals surface area contributed by atoms with Gasteiger partial charge in [-0.15, -0.1) is 0 Å². The molecule has 0 amide bonds. The first-order chi connectivity index (χ1) is 5.36. The molecular weight excluding hydrogens is 160 g/mol. The van der Waals surface area contributed by atoms with E-state index in [9.17, 15) is 0 Å². The number of ether oxygens (including phenoxy) is 1. The Morgan fingerprint density at radius 1 is 1.73 bits per heavy atom. The maximum atomic E-state index is 5.37. The summed E-state index contributed by atoms with van der Waals surface area (Å²) in [4.78, 5) is 4.21. The van der Waals surface area contributed by atoms with Crippen LogP contribution in [0.1, 0.15) is 12.6 Å². The molecule has 1 rings (SSSR count). The summed E-state index contributed by atoms with van der Waals surface area (Å²) >= 11 is 1.53. The van der Waals surface area contributed by atoms with Gasteiger partial charge in [-0.25, -0.2) is 4.98 Å². The lowest BCUT2D eigenvalue weighted by Crippen LogP contribution is -2.02. The van der Waals surface area contributed by atoms with E-state index in [2.05, 4.69) is 4.98 Å². The van der Waals surface area contributed by atoms with Gasteiger partial charge in [0.05, 0.1) is 12.3 Å². The lowest BCUT2D eigenvalue weighted by atomic mass is 10.3. The minimum Gasteiger partial charge on any atom is -0.470 e. The van der Waals surface area contributed by atoms with E-state index >= 15 is 0 Å². The second-order valence-corrected chi connectivity index (χ2v) is 2.90. The maximum absolute atomic E-state index is 5.37. The highest BCUT2D eigenvalue weighted by Gasteiger charge is 1.99. The third kappa shape index (κ3) is 2.48. The SMILES string of the molecule is CCOc1nc(CCN)cs1. The fourth-order valence-electron chi connectivity index (χ4n) is 0.741. The Kier molecular flexibility index (Phi) is 3.32. The molecule has 11 heavy (non-hydrogen) atoms. The lowest BCUT2D eigenvalue weighted by molar-refractivity contribution is 0.337. The fourth-order valence-corrected chi connectivity index (χ4v) is 1.50. The van der Waals surface area contributed by atoms with E-state index < -0.39 is 0 Å². The van der Waals surface area contributed by atoms with Gasteiger partial charge in [-0.05, 0) is 13.5 Å². The van der Waals surface area contributed by atoms with E-state index in [-0.39, 0.29) is 0 Å². The van der Waals surface area contributed by atoms with Gasteiger partial charge in [0.1, 0.15) is 0 Å². The van der Waals surface area contributed by atoms with Gasteiger partial charge in [0.2, 0.25) is 0 Å². The third-order valence-electron chi connectivity index (χ3n) is 1.20. The standard InChI is InChI=1S/C7H12N2OS/c1-2-10-7-9-6(3-4-8)5-11-7/h5H,2-4,8H2,1H3. The van der Waals surface area contributed by atoms with Gasteiger partial charge in [0.25, 0.3) is 5.19 Å². The highest BCUT2D eigenvalue weighted by molar-refractivity contribution is 7.11. The van der Waals surface area contributed by atoms with E-state index in [1.807, 2.05) is 12.3 Å². The number of thiazole rings is 1. The molecule has 0 aliphatic carbocycles. The molecule has 0 aromatic carbocycles. The van der Waals surface area contributed by atoms with E-state index in [1.165, 1.54) is 11.3 Å². The minimum atomic E-state index is 0.648. The molecule has 0 unspecified atom stereocenters. The zero-order chi connectivity index (χ0) is 8.10. The van der Waals surface area contributed by atoms with Crippen LogP contribution in [0.3, 0.4) is 0 Å². The molecule has 1 aromatic rings. The Morgan fingerprint density at radius 2 is 2.55 bits per heavy atom. The van der Waals surface area contributed by atoms with Gasteiger partial charge in [-0.1, -0.05) is 11.3 Å². The van der Waals surface area contributed by atoms with Crippen LogP contribution in [0.15, 0.2) is 5.38 Å². The van der Waals surface area contributed by atoms with Gasteiger partial charge >= 0.3 is 0 Å². The molecule has 0 bridgehead atoms. The summed E-state index contributed by atoms with van der Waals surface area (Å²) in [5, 5.41) is 2.73. The molecule has 0 aliphatic heterocycles. The Hall–Kier alpha value is -0.610. The average molecular weight is 172 g/mol. The molecule has 2 N–H and O–H groups in total. The zero-order valence-electron chi connectivity index (χ0n) is 6.54. The molecule has 1 heterocycles. The summed E-state index contributed by atoms with van der Waals surface area (Å²) in [6, 6.07) is 0. The Balaban J connectivity index is 2.51. The highest BCUT2D eigenvalue weighted by atomic mass is 32.1. The Morgan fingerprint density at radius 3 is 3.18 bits per heavy atom. The fraction of sp³-hybridized carbons (Fsp3) is 0.571. The van der Waals surface area contributed by atoms with Crippen LogP contribution in [0, 0.1) is 0 Å². The Labute approximate surface area is 70.2 Å². The molecule has 0 fully saturated rings. The van der Waals surface area contributed by atoms with Crippen molar-refractivity contribution in [2.45, 2.75) is 13.3 Å². The van der Waals surface area contributed by atoms with Gasteiger partial charge in [0, 0.05) is 11.8 Å². The monoisotopic (exact) mass is 172 g/mol. The molecule has 0 saturated heterocycles. The second kappa shape index (κ2) is 4.31. The van der Waals surface area contributed by atoms with Gasteiger partial charge < -0.3 is 10.5 Å². The number of hydrogen-bond donors (Lipinski definition) is 1. The summed E-state index contributed by atoms with van der Waals surface area (Å²) in [5.41, 5.74) is 6.40. The molecule has 0 saturated carbocycles. The van der Waals surface area contributed by atoms with Gasteiger partial charge in [-0.2, -0.15) is 0 Å². The highest BCUT2D eigenvalue weighted by Crippen LogP contribution is 2.17. The predicted octanol–water partition coefficient (Wildman–Crippen LogP) is 1.04. The summed E-state index contributed by atoms with van der Waals surface area (Å²) in [6.45, 7) is 3.27. The first-order valence-electron chi connectivity index (χ1n) is 3.64. The molecule has 0 atom stereocenters. The first-order valence-corrected chi connectivity index (χ1v) is 4.52.